The van der Waals surface area contributed by atoms with E-state index in [2.05, 4.69) is 4.74 Å². The number of alkyl halides is 2. The highest BCUT2D eigenvalue weighted by atomic mass is 19.3. The van der Waals surface area contributed by atoms with Crippen molar-refractivity contribution in [3.05, 3.63) is 33.6 Å². The number of ether oxygens (including phenoxy) is 2. The molecule has 0 amide bonds. The van der Waals surface area contributed by atoms with Crippen molar-refractivity contribution in [2.24, 2.45) is 0 Å². The van der Waals surface area contributed by atoms with Crippen molar-refractivity contribution >= 4 is 22.6 Å². The number of carbonyl (C=O) groups excluding carboxylic acids is 1. The molecule has 25 heavy (non-hydrogen) atoms. The summed E-state index contributed by atoms with van der Waals surface area (Å²) in [6.07, 6.45) is 0.998. The predicted molar refractivity (Wildman–Crippen MR) is 80.8 cm³/mol. The molecule has 1 aromatic heterocycles. The fraction of sp³-hybridized carbons (Fsp3) is 0.333. The van der Waals surface area contributed by atoms with Gasteiger partial charge in [-0.15, -0.1) is 0 Å². The Labute approximate surface area is 138 Å². The number of hydrogen-bond donors (Lipinski definition) is 1. The van der Waals surface area contributed by atoms with Crippen LogP contribution < -0.4 is 15.9 Å². The number of anilines is 1. The number of nitrogens with zero attached hydrogens (tertiary/aromatic N) is 1. The maximum atomic E-state index is 14.1. The summed E-state index contributed by atoms with van der Waals surface area (Å²) in [7, 11) is 0. The number of benzene rings is 1. The van der Waals surface area contributed by atoms with Crippen LogP contribution >= 0.6 is 0 Å². The molecule has 2 N–H and O–H groups in total. The van der Waals surface area contributed by atoms with Gasteiger partial charge < -0.3 is 19.8 Å². The number of aromatic nitrogens is 1. The van der Waals surface area contributed by atoms with E-state index in [1.165, 1.54) is 13.8 Å². The largest absolute Gasteiger partial charge is 0.462 e. The van der Waals surface area contributed by atoms with Crippen molar-refractivity contribution in [1.82, 2.24) is 4.57 Å². The van der Waals surface area contributed by atoms with E-state index < -0.39 is 57.5 Å². The number of hydrogen-bond acceptors (Lipinski definition) is 5. The zero-order valence-corrected chi connectivity index (χ0v) is 13.2. The molecule has 0 saturated heterocycles. The van der Waals surface area contributed by atoms with Crippen LogP contribution in [-0.4, -0.2) is 23.8 Å². The Hall–Kier alpha value is -2.78. The van der Waals surface area contributed by atoms with E-state index in [4.69, 9.17) is 10.5 Å². The van der Waals surface area contributed by atoms with Crippen LogP contribution in [0.25, 0.3) is 10.9 Å². The van der Waals surface area contributed by atoms with E-state index >= 15 is 0 Å². The molecule has 0 aliphatic rings. The maximum Gasteiger partial charge on any atom is 0.387 e. The number of pyridine rings is 1. The van der Waals surface area contributed by atoms with Gasteiger partial charge in [0.15, 0.2) is 11.6 Å². The molecular formula is C15H14F4N2O4. The van der Waals surface area contributed by atoms with Gasteiger partial charge in [-0.2, -0.15) is 13.2 Å². The zero-order valence-electron chi connectivity index (χ0n) is 13.2. The topological polar surface area (TPSA) is 83.6 Å². The van der Waals surface area contributed by atoms with Crippen LogP contribution in [0.5, 0.6) is 5.75 Å². The monoisotopic (exact) mass is 362 g/mol. The summed E-state index contributed by atoms with van der Waals surface area (Å²) < 4.78 is 63.1. The van der Waals surface area contributed by atoms with Crippen LogP contribution in [0.1, 0.15) is 24.2 Å². The minimum atomic E-state index is -3.47. The van der Waals surface area contributed by atoms with Gasteiger partial charge in [-0.25, -0.2) is 9.18 Å². The van der Waals surface area contributed by atoms with Crippen molar-refractivity contribution in [2.45, 2.75) is 27.0 Å². The highest BCUT2D eigenvalue weighted by Gasteiger charge is 2.28. The number of halogens is 4. The Balaban J connectivity index is 3.00. The highest BCUT2D eigenvalue weighted by Crippen LogP contribution is 2.35. The number of nitrogens with two attached hydrogens (primary N) is 1. The summed E-state index contributed by atoms with van der Waals surface area (Å²) in [5.74, 6) is -5.64. The van der Waals surface area contributed by atoms with Crippen molar-refractivity contribution in [3.8, 4) is 5.75 Å². The Morgan fingerprint density at radius 3 is 2.44 bits per heavy atom. The third-order valence-corrected chi connectivity index (χ3v) is 3.44. The first kappa shape index (κ1) is 18.6. The second-order valence-electron chi connectivity index (χ2n) is 4.85. The van der Waals surface area contributed by atoms with E-state index in [0.717, 1.165) is 10.8 Å². The minimum absolute atomic E-state index is 0.0211. The molecule has 0 fully saturated rings. The summed E-state index contributed by atoms with van der Waals surface area (Å²) in [4.78, 5) is 24.4. The van der Waals surface area contributed by atoms with Gasteiger partial charge in [-0.3, -0.25) is 4.79 Å². The molecule has 136 valence electrons. The molecule has 1 heterocycles. The second kappa shape index (κ2) is 6.99. The van der Waals surface area contributed by atoms with Crippen molar-refractivity contribution in [2.75, 3.05) is 12.3 Å². The molecule has 0 saturated carbocycles. The van der Waals surface area contributed by atoms with Crippen molar-refractivity contribution in [1.29, 1.82) is 0 Å². The van der Waals surface area contributed by atoms with Crippen molar-refractivity contribution in [3.63, 3.8) is 0 Å². The van der Waals surface area contributed by atoms with Crippen LogP contribution in [0.3, 0.4) is 0 Å². The highest BCUT2D eigenvalue weighted by molar-refractivity contribution is 6.00. The number of rotatable bonds is 5. The zero-order chi connectivity index (χ0) is 18.9. The van der Waals surface area contributed by atoms with Crippen molar-refractivity contribution < 1.29 is 31.8 Å². The molecule has 1 aromatic carbocycles. The molecule has 0 atom stereocenters. The van der Waals surface area contributed by atoms with Gasteiger partial charge in [-0.1, -0.05) is 0 Å². The number of carbonyl (C=O) groups is 1. The van der Waals surface area contributed by atoms with E-state index in [1.54, 1.807) is 0 Å². The molecular weight excluding hydrogens is 348 g/mol. The summed E-state index contributed by atoms with van der Waals surface area (Å²) in [5, 5.41) is -0.637. The van der Waals surface area contributed by atoms with Gasteiger partial charge in [0.1, 0.15) is 11.1 Å². The predicted octanol–water partition coefficient (Wildman–Crippen LogP) is 2.66. The van der Waals surface area contributed by atoms with Crippen LogP contribution in [-0.2, 0) is 11.3 Å². The fourth-order valence-electron chi connectivity index (χ4n) is 2.39. The molecule has 0 spiro atoms. The van der Waals surface area contributed by atoms with Gasteiger partial charge in [0.05, 0.1) is 17.7 Å². The summed E-state index contributed by atoms with van der Waals surface area (Å²) >= 11 is 0. The van der Waals surface area contributed by atoms with Gasteiger partial charge >= 0.3 is 12.6 Å². The van der Waals surface area contributed by atoms with E-state index in [-0.39, 0.29) is 13.2 Å². The smallest absolute Gasteiger partial charge is 0.387 e. The normalized spacial score (nSPS) is 11.2. The first-order chi connectivity index (χ1) is 11.7. The molecule has 2 aromatic rings. The molecule has 0 aliphatic heterocycles. The second-order valence-corrected chi connectivity index (χ2v) is 4.85. The molecule has 0 aliphatic carbocycles. The average Bonchev–Trinajstić information content (AvgIpc) is 2.56. The lowest BCUT2D eigenvalue weighted by Crippen LogP contribution is -2.23. The Kier molecular flexibility index (Phi) is 5.19. The van der Waals surface area contributed by atoms with E-state index in [9.17, 15) is 27.2 Å². The fourth-order valence-corrected chi connectivity index (χ4v) is 2.39. The summed E-state index contributed by atoms with van der Waals surface area (Å²) in [6.45, 7) is -0.439. The number of fused-ring (bicyclic) bond motifs is 1. The van der Waals surface area contributed by atoms with Gasteiger partial charge in [0, 0.05) is 12.7 Å². The Morgan fingerprint density at radius 2 is 1.92 bits per heavy atom. The van der Waals surface area contributed by atoms with E-state index in [0.29, 0.717) is 0 Å². The molecule has 0 radical (unpaired) electrons. The van der Waals surface area contributed by atoms with Gasteiger partial charge in [0.25, 0.3) is 0 Å². The van der Waals surface area contributed by atoms with Crippen LogP contribution in [0.2, 0.25) is 0 Å². The van der Waals surface area contributed by atoms with E-state index in [1.807, 2.05) is 0 Å². The van der Waals surface area contributed by atoms with Crippen LogP contribution in [0.4, 0.5) is 23.2 Å². The number of esters is 1. The molecule has 0 bridgehead atoms. The minimum Gasteiger partial charge on any atom is -0.462 e. The average molecular weight is 362 g/mol. The molecule has 0 unspecified atom stereocenters. The summed E-state index contributed by atoms with van der Waals surface area (Å²) in [5.41, 5.74) is 2.51. The Bertz CT molecular complexity index is 896. The third kappa shape index (κ3) is 3.11. The Morgan fingerprint density at radius 1 is 1.28 bits per heavy atom. The first-order valence-corrected chi connectivity index (χ1v) is 7.19. The lowest BCUT2D eigenvalue weighted by atomic mass is 10.1. The number of nitrogen functional groups attached to an aromatic ring is 1. The third-order valence-electron chi connectivity index (χ3n) is 3.44. The SMILES string of the molecule is CCOC(=O)c1cn(CC)c2c(OC(F)F)c(F)c(F)c(N)c2c1=O. The quantitative estimate of drug-likeness (QED) is 0.502. The lowest BCUT2D eigenvalue weighted by Gasteiger charge is -2.17. The molecule has 2 rings (SSSR count). The first-order valence-electron chi connectivity index (χ1n) is 7.19. The lowest BCUT2D eigenvalue weighted by molar-refractivity contribution is -0.0516. The van der Waals surface area contributed by atoms with Gasteiger partial charge in [-0.05, 0) is 13.8 Å². The van der Waals surface area contributed by atoms with Gasteiger partial charge in [0.2, 0.25) is 11.2 Å². The molecule has 10 heteroatoms. The standard InChI is InChI=1S/C15H14F4N2O4/c1-3-21-5-6(14(23)24-4-2)12(22)7-10(20)8(16)9(17)13(11(7)21)25-15(18)19/h5,15H,3-4,20H2,1-2H3. The number of aryl methyl sites for hydroxylation is 1. The summed E-state index contributed by atoms with van der Waals surface area (Å²) in [6, 6.07) is 0. The van der Waals surface area contributed by atoms with Crippen LogP contribution in [0, 0.1) is 11.6 Å². The maximum absolute atomic E-state index is 14.1. The molecule has 6 nitrogen and oxygen atoms in total. The van der Waals surface area contributed by atoms with Crippen LogP contribution in [0.15, 0.2) is 11.0 Å².